The average molecular weight is 421 g/mol. The first kappa shape index (κ1) is 21.1. The van der Waals surface area contributed by atoms with Gasteiger partial charge in [-0.15, -0.1) is 0 Å². The van der Waals surface area contributed by atoms with Gasteiger partial charge in [-0.05, 0) is 56.2 Å². The number of hydrogen-bond acceptors (Lipinski definition) is 7. The van der Waals surface area contributed by atoms with Crippen molar-refractivity contribution in [2.45, 2.75) is 43.7 Å². The summed E-state index contributed by atoms with van der Waals surface area (Å²) in [5.74, 6) is -0.948. The SMILES string of the molecule is COC(=O)c1ccc(COC(=O)c2ccc(S(=O)(=O)N3CCCC[C@@H]3C)cc2)o1. The molecular weight excluding hydrogens is 398 g/mol. The van der Waals surface area contributed by atoms with Gasteiger partial charge in [-0.1, -0.05) is 6.42 Å². The summed E-state index contributed by atoms with van der Waals surface area (Å²) >= 11 is 0. The van der Waals surface area contributed by atoms with Gasteiger partial charge >= 0.3 is 11.9 Å². The van der Waals surface area contributed by atoms with Crippen molar-refractivity contribution in [3.05, 3.63) is 53.5 Å². The maximum Gasteiger partial charge on any atom is 0.373 e. The lowest BCUT2D eigenvalue weighted by Crippen LogP contribution is -2.41. The molecule has 1 atom stereocenters. The summed E-state index contributed by atoms with van der Waals surface area (Å²) in [7, 11) is -2.36. The van der Waals surface area contributed by atoms with Gasteiger partial charge in [-0.25, -0.2) is 18.0 Å². The fourth-order valence-electron chi connectivity index (χ4n) is 3.21. The number of benzene rings is 1. The van der Waals surface area contributed by atoms with E-state index in [0.29, 0.717) is 6.54 Å². The van der Waals surface area contributed by atoms with E-state index in [1.54, 1.807) is 0 Å². The summed E-state index contributed by atoms with van der Waals surface area (Å²) in [6.07, 6.45) is 2.71. The van der Waals surface area contributed by atoms with Gasteiger partial charge in [-0.3, -0.25) is 0 Å². The number of ether oxygens (including phenoxy) is 2. The zero-order valence-electron chi connectivity index (χ0n) is 16.3. The van der Waals surface area contributed by atoms with E-state index >= 15 is 0 Å². The molecule has 29 heavy (non-hydrogen) atoms. The lowest BCUT2D eigenvalue weighted by Gasteiger charge is -2.32. The maximum atomic E-state index is 12.8. The van der Waals surface area contributed by atoms with Gasteiger partial charge in [0, 0.05) is 12.6 Å². The van der Waals surface area contributed by atoms with E-state index in [0.717, 1.165) is 19.3 Å². The molecule has 2 aromatic rings. The first-order valence-corrected chi connectivity index (χ1v) is 10.7. The van der Waals surface area contributed by atoms with E-state index in [4.69, 9.17) is 9.15 Å². The number of sulfonamides is 1. The molecule has 9 heteroatoms. The quantitative estimate of drug-likeness (QED) is 0.661. The topological polar surface area (TPSA) is 103 Å². The van der Waals surface area contributed by atoms with E-state index < -0.39 is 22.0 Å². The number of carbonyl (C=O) groups is 2. The molecular formula is C20H23NO7S. The summed E-state index contributed by atoms with van der Waals surface area (Å²) < 4.78 is 42.1. The smallest absolute Gasteiger partial charge is 0.373 e. The number of hydrogen-bond donors (Lipinski definition) is 0. The van der Waals surface area contributed by atoms with Crippen LogP contribution in [0, 0.1) is 0 Å². The fraction of sp³-hybridized carbons (Fsp3) is 0.400. The minimum Gasteiger partial charge on any atom is -0.463 e. The Morgan fingerprint density at radius 2 is 1.83 bits per heavy atom. The Morgan fingerprint density at radius 1 is 1.10 bits per heavy atom. The Kier molecular flexibility index (Phi) is 6.39. The zero-order chi connectivity index (χ0) is 21.0. The molecule has 0 unspecified atom stereocenters. The molecule has 1 aliphatic heterocycles. The first-order chi connectivity index (χ1) is 13.8. The minimum absolute atomic E-state index is 0.0139. The molecule has 3 rings (SSSR count). The van der Waals surface area contributed by atoms with Gasteiger partial charge < -0.3 is 13.9 Å². The molecule has 0 aliphatic carbocycles. The van der Waals surface area contributed by atoms with Gasteiger partial charge in [-0.2, -0.15) is 4.31 Å². The summed E-state index contributed by atoms with van der Waals surface area (Å²) in [4.78, 5) is 23.7. The van der Waals surface area contributed by atoms with Crippen molar-refractivity contribution in [1.82, 2.24) is 4.31 Å². The second-order valence-corrected chi connectivity index (χ2v) is 8.71. The van der Waals surface area contributed by atoms with Crippen LogP contribution in [-0.4, -0.2) is 44.4 Å². The van der Waals surface area contributed by atoms with Crippen molar-refractivity contribution < 1.29 is 31.9 Å². The van der Waals surface area contributed by atoms with Crippen molar-refractivity contribution in [3.63, 3.8) is 0 Å². The van der Waals surface area contributed by atoms with Gasteiger partial charge in [0.05, 0.1) is 17.6 Å². The molecule has 0 radical (unpaired) electrons. The van der Waals surface area contributed by atoms with Crippen LogP contribution < -0.4 is 0 Å². The predicted octanol–water partition coefficient (Wildman–Crippen LogP) is 2.99. The third-order valence-electron chi connectivity index (χ3n) is 4.83. The van der Waals surface area contributed by atoms with E-state index in [-0.39, 0.29) is 34.6 Å². The Morgan fingerprint density at radius 3 is 2.48 bits per heavy atom. The van der Waals surface area contributed by atoms with Crippen LogP contribution in [0.2, 0.25) is 0 Å². The van der Waals surface area contributed by atoms with Crippen LogP contribution in [-0.2, 0) is 26.1 Å². The van der Waals surface area contributed by atoms with Crippen molar-refractivity contribution in [3.8, 4) is 0 Å². The standard InChI is InChI=1S/C20H23NO7S/c1-14-5-3-4-12-21(14)29(24,25)17-9-6-15(7-10-17)19(22)27-13-16-8-11-18(28-16)20(23)26-2/h6-11,14H,3-5,12-13H2,1-2H3/t14-/m0/s1. The normalized spacial score (nSPS) is 17.7. The van der Waals surface area contributed by atoms with Crippen LogP contribution in [0.3, 0.4) is 0 Å². The summed E-state index contributed by atoms with van der Waals surface area (Å²) in [6, 6.07) is 8.56. The number of rotatable bonds is 6. The number of esters is 2. The maximum absolute atomic E-state index is 12.8. The second-order valence-electron chi connectivity index (χ2n) is 6.82. The van der Waals surface area contributed by atoms with Crippen LogP contribution in [0.25, 0.3) is 0 Å². The van der Waals surface area contributed by atoms with Gasteiger partial charge in [0.25, 0.3) is 0 Å². The molecule has 1 saturated heterocycles. The molecule has 8 nitrogen and oxygen atoms in total. The van der Waals surface area contributed by atoms with Crippen molar-refractivity contribution >= 4 is 22.0 Å². The summed E-state index contributed by atoms with van der Waals surface area (Å²) in [5, 5.41) is 0. The molecule has 0 N–H and O–H groups in total. The highest BCUT2D eigenvalue weighted by Gasteiger charge is 2.31. The van der Waals surface area contributed by atoms with Crippen LogP contribution in [0.15, 0.2) is 45.7 Å². The van der Waals surface area contributed by atoms with Crippen molar-refractivity contribution in [2.24, 2.45) is 0 Å². The molecule has 2 heterocycles. The largest absolute Gasteiger partial charge is 0.463 e. The number of nitrogens with zero attached hydrogens (tertiary/aromatic N) is 1. The predicted molar refractivity (Wildman–Crippen MR) is 103 cm³/mol. The molecule has 0 spiro atoms. The van der Waals surface area contributed by atoms with Crippen LogP contribution in [0.5, 0.6) is 0 Å². The monoisotopic (exact) mass is 421 g/mol. The highest BCUT2D eigenvalue weighted by atomic mass is 32.2. The molecule has 0 amide bonds. The van der Waals surface area contributed by atoms with E-state index in [9.17, 15) is 18.0 Å². The van der Waals surface area contributed by atoms with E-state index in [1.807, 2.05) is 6.92 Å². The third kappa shape index (κ3) is 4.68. The van der Waals surface area contributed by atoms with Crippen LogP contribution in [0.4, 0.5) is 0 Å². The molecule has 1 fully saturated rings. The first-order valence-electron chi connectivity index (χ1n) is 9.29. The van der Waals surface area contributed by atoms with Gasteiger partial charge in [0.1, 0.15) is 12.4 Å². The lowest BCUT2D eigenvalue weighted by molar-refractivity contribution is 0.0438. The second kappa shape index (κ2) is 8.79. The Hall–Kier alpha value is -2.65. The zero-order valence-corrected chi connectivity index (χ0v) is 17.1. The van der Waals surface area contributed by atoms with Crippen LogP contribution >= 0.6 is 0 Å². The molecule has 1 aromatic carbocycles. The molecule has 1 aliphatic rings. The Balaban J connectivity index is 1.64. The summed E-state index contributed by atoms with van der Waals surface area (Å²) in [5.41, 5.74) is 0.218. The van der Waals surface area contributed by atoms with Gasteiger partial charge in [0.15, 0.2) is 0 Å². The number of carbonyl (C=O) groups excluding carboxylic acids is 2. The number of methoxy groups -OCH3 is 1. The van der Waals surface area contributed by atoms with Crippen molar-refractivity contribution in [1.29, 1.82) is 0 Å². The molecule has 1 aromatic heterocycles. The average Bonchev–Trinajstić information content (AvgIpc) is 3.21. The number of piperidine rings is 1. The van der Waals surface area contributed by atoms with E-state index in [1.165, 1.54) is 47.8 Å². The molecule has 0 saturated carbocycles. The fourth-order valence-corrected chi connectivity index (χ4v) is 4.91. The van der Waals surface area contributed by atoms with Crippen molar-refractivity contribution in [2.75, 3.05) is 13.7 Å². The minimum atomic E-state index is -3.59. The number of furan rings is 1. The molecule has 0 bridgehead atoms. The lowest BCUT2D eigenvalue weighted by atomic mass is 10.1. The van der Waals surface area contributed by atoms with Gasteiger partial charge in [0.2, 0.25) is 15.8 Å². The third-order valence-corrected chi connectivity index (χ3v) is 6.86. The summed E-state index contributed by atoms with van der Waals surface area (Å²) in [6.45, 7) is 2.24. The Bertz CT molecular complexity index is 979. The van der Waals surface area contributed by atoms with Crippen LogP contribution in [0.1, 0.15) is 52.9 Å². The highest BCUT2D eigenvalue weighted by Crippen LogP contribution is 2.25. The highest BCUT2D eigenvalue weighted by molar-refractivity contribution is 7.89. The molecule has 156 valence electrons. The van der Waals surface area contributed by atoms with E-state index in [2.05, 4.69) is 4.74 Å². The Labute approximate surface area is 169 Å².